The van der Waals surface area contributed by atoms with Crippen molar-refractivity contribution in [1.82, 2.24) is 0 Å². The van der Waals surface area contributed by atoms with E-state index in [1.165, 1.54) is 0 Å². The monoisotopic (exact) mass is 130 g/mol. The Morgan fingerprint density at radius 1 is 1.11 bits per heavy atom. The Morgan fingerprint density at radius 2 is 1.89 bits per heavy atom. The fraction of sp³-hybridized carbons (Fsp3) is 0.714. The molecule has 0 aromatic heterocycles. The lowest BCUT2D eigenvalue weighted by Gasteiger charge is -2.00. The van der Waals surface area contributed by atoms with Crippen LogP contribution in [0.5, 0.6) is 0 Å². The summed E-state index contributed by atoms with van der Waals surface area (Å²) in [6.07, 6.45) is 1.92. The molecular formula is C7H14O2. The third kappa shape index (κ3) is 7.92. The standard InChI is InChI=1S/C7H14O2/c1-3-5-6-9-7-8-4-2/h1-7H2. The molecule has 9 heavy (non-hydrogen) atoms. The Morgan fingerprint density at radius 3 is 2.44 bits per heavy atom. The van der Waals surface area contributed by atoms with Crippen molar-refractivity contribution in [2.24, 2.45) is 0 Å². The van der Waals surface area contributed by atoms with Gasteiger partial charge in [-0.15, -0.1) is 0 Å². The maximum Gasteiger partial charge on any atom is 0.146 e. The van der Waals surface area contributed by atoms with E-state index in [1.807, 2.05) is 0 Å². The SMILES string of the molecule is [CH2]CCCOCOC[CH2]. The highest BCUT2D eigenvalue weighted by Crippen LogP contribution is 1.86. The molecule has 0 fully saturated rings. The van der Waals surface area contributed by atoms with Crippen LogP contribution in [0, 0.1) is 13.8 Å². The van der Waals surface area contributed by atoms with Crippen molar-refractivity contribution in [3.63, 3.8) is 0 Å². The lowest BCUT2D eigenvalue weighted by molar-refractivity contribution is -0.0448. The summed E-state index contributed by atoms with van der Waals surface area (Å²) in [7, 11) is 0. The van der Waals surface area contributed by atoms with Crippen molar-refractivity contribution >= 4 is 0 Å². The minimum absolute atomic E-state index is 0.365. The zero-order valence-electron chi connectivity index (χ0n) is 5.77. The molecule has 0 atom stereocenters. The zero-order chi connectivity index (χ0) is 6.95. The summed E-state index contributed by atoms with van der Waals surface area (Å²) in [6, 6.07) is 0. The second-order valence-corrected chi connectivity index (χ2v) is 1.64. The van der Waals surface area contributed by atoms with E-state index >= 15 is 0 Å². The van der Waals surface area contributed by atoms with Crippen LogP contribution in [0.15, 0.2) is 0 Å². The molecule has 0 aromatic rings. The van der Waals surface area contributed by atoms with E-state index in [9.17, 15) is 0 Å². The minimum atomic E-state index is 0.365. The van der Waals surface area contributed by atoms with Crippen LogP contribution in [0.2, 0.25) is 0 Å². The second-order valence-electron chi connectivity index (χ2n) is 1.64. The molecule has 0 spiro atoms. The Hall–Kier alpha value is -0.0800. The van der Waals surface area contributed by atoms with Gasteiger partial charge < -0.3 is 9.47 Å². The molecule has 2 heteroatoms. The zero-order valence-corrected chi connectivity index (χ0v) is 5.77. The lowest BCUT2D eigenvalue weighted by Crippen LogP contribution is -2.00. The Labute approximate surface area is 57.2 Å². The van der Waals surface area contributed by atoms with Crippen LogP contribution in [-0.4, -0.2) is 20.0 Å². The first-order valence-corrected chi connectivity index (χ1v) is 3.15. The van der Waals surface area contributed by atoms with E-state index in [-0.39, 0.29) is 0 Å². The van der Waals surface area contributed by atoms with Gasteiger partial charge in [0, 0.05) is 13.2 Å². The summed E-state index contributed by atoms with van der Waals surface area (Å²) >= 11 is 0. The molecule has 0 amide bonds. The molecule has 0 N–H and O–H groups in total. The Bertz CT molecular complexity index is 40.2. The first-order chi connectivity index (χ1) is 4.41. The quantitative estimate of drug-likeness (QED) is 0.400. The van der Waals surface area contributed by atoms with Gasteiger partial charge in [0.05, 0.1) is 0 Å². The van der Waals surface area contributed by atoms with Gasteiger partial charge in [0.25, 0.3) is 0 Å². The molecule has 2 nitrogen and oxygen atoms in total. The van der Waals surface area contributed by atoms with E-state index in [0.717, 1.165) is 19.4 Å². The molecule has 0 rings (SSSR count). The van der Waals surface area contributed by atoms with E-state index in [1.54, 1.807) is 0 Å². The highest BCUT2D eigenvalue weighted by atomic mass is 16.7. The number of unbranched alkanes of at least 4 members (excludes halogenated alkanes) is 1. The highest BCUT2D eigenvalue weighted by Gasteiger charge is 1.83. The molecule has 54 valence electrons. The molecule has 0 aliphatic rings. The third-order valence-electron chi connectivity index (χ3n) is 0.850. The smallest absolute Gasteiger partial charge is 0.146 e. The van der Waals surface area contributed by atoms with E-state index in [0.29, 0.717) is 13.4 Å². The number of ether oxygens (including phenoxy) is 2. The maximum absolute atomic E-state index is 5.01. The van der Waals surface area contributed by atoms with Gasteiger partial charge in [0.1, 0.15) is 6.79 Å². The summed E-state index contributed by atoms with van der Waals surface area (Å²) in [6.45, 7) is 8.74. The fourth-order valence-corrected chi connectivity index (χ4v) is 0.381. The molecule has 0 aliphatic heterocycles. The molecule has 0 saturated heterocycles. The first kappa shape index (κ1) is 8.92. The normalized spacial score (nSPS) is 10.0. The lowest BCUT2D eigenvalue weighted by atomic mass is 10.4. The first-order valence-electron chi connectivity index (χ1n) is 3.15. The van der Waals surface area contributed by atoms with Crippen LogP contribution < -0.4 is 0 Å². The number of rotatable bonds is 6. The van der Waals surface area contributed by atoms with Crippen LogP contribution in [0.1, 0.15) is 12.8 Å². The predicted octanol–water partition coefficient (Wildman–Crippen LogP) is 1.43. The predicted molar refractivity (Wildman–Crippen MR) is 36.7 cm³/mol. The fourth-order valence-electron chi connectivity index (χ4n) is 0.381. The van der Waals surface area contributed by atoms with E-state index in [2.05, 4.69) is 13.8 Å². The van der Waals surface area contributed by atoms with Gasteiger partial charge in [-0.2, -0.15) is 0 Å². The van der Waals surface area contributed by atoms with E-state index in [4.69, 9.17) is 9.47 Å². The molecular weight excluding hydrogens is 116 g/mol. The molecule has 2 radical (unpaired) electrons. The summed E-state index contributed by atoms with van der Waals surface area (Å²) < 4.78 is 9.84. The minimum Gasteiger partial charge on any atom is -0.355 e. The van der Waals surface area contributed by atoms with E-state index < -0.39 is 0 Å². The van der Waals surface area contributed by atoms with Crippen LogP contribution in [0.25, 0.3) is 0 Å². The number of hydrogen-bond donors (Lipinski definition) is 0. The van der Waals surface area contributed by atoms with Gasteiger partial charge in [0.15, 0.2) is 0 Å². The molecule has 0 saturated carbocycles. The number of hydrogen-bond acceptors (Lipinski definition) is 2. The average molecular weight is 130 g/mol. The largest absolute Gasteiger partial charge is 0.355 e. The summed E-state index contributed by atoms with van der Waals surface area (Å²) in [5, 5.41) is 0. The summed E-state index contributed by atoms with van der Waals surface area (Å²) in [5.74, 6) is 0. The van der Waals surface area contributed by atoms with Gasteiger partial charge in [-0.05, 0) is 13.3 Å². The van der Waals surface area contributed by atoms with Gasteiger partial charge in [-0.1, -0.05) is 13.3 Å². The van der Waals surface area contributed by atoms with Crippen molar-refractivity contribution in [1.29, 1.82) is 0 Å². The van der Waals surface area contributed by atoms with Gasteiger partial charge >= 0.3 is 0 Å². The molecule has 0 heterocycles. The molecule has 0 aromatic carbocycles. The van der Waals surface area contributed by atoms with Crippen LogP contribution >= 0.6 is 0 Å². The van der Waals surface area contributed by atoms with Crippen molar-refractivity contribution in [3.05, 3.63) is 13.8 Å². The maximum atomic E-state index is 5.01. The second kappa shape index (κ2) is 7.92. The van der Waals surface area contributed by atoms with Gasteiger partial charge in [-0.3, -0.25) is 0 Å². The van der Waals surface area contributed by atoms with Crippen molar-refractivity contribution < 1.29 is 9.47 Å². The molecule has 0 aliphatic carbocycles. The van der Waals surface area contributed by atoms with Gasteiger partial charge in [0.2, 0.25) is 0 Å². The third-order valence-corrected chi connectivity index (χ3v) is 0.850. The van der Waals surface area contributed by atoms with Crippen molar-refractivity contribution in [2.45, 2.75) is 12.8 Å². The summed E-state index contributed by atoms with van der Waals surface area (Å²) in [5.41, 5.74) is 0. The summed E-state index contributed by atoms with van der Waals surface area (Å²) in [4.78, 5) is 0. The highest BCUT2D eigenvalue weighted by molar-refractivity contribution is 4.37. The Kier molecular flexibility index (Phi) is 7.85. The average Bonchev–Trinajstić information content (AvgIpc) is 1.89. The van der Waals surface area contributed by atoms with Crippen molar-refractivity contribution in [3.8, 4) is 0 Å². The van der Waals surface area contributed by atoms with Crippen molar-refractivity contribution in [2.75, 3.05) is 20.0 Å². The molecule has 0 unspecified atom stereocenters. The topological polar surface area (TPSA) is 18.5 Å². The van der Waals surface area contributed by atoms with Crippen LogP contribution in [0.3, 0.4) is 0 Å². The van der Waals surface area contributed by atoms with Gasteiger partial charge in [-0.25, -0.2) is 0 Å². The van der Waals surface area contributed by atoms with Crippen LogP contribution in [-0.2, 0) is 9.47 Å². The molecule has 0 bridgehead atoms. The van der Waals surface area contributed by atoms with Crippen LogP contribution in [0.4, 0.5) is 0 Å². The Balaban J connectivity index is 2.60.